The van der Waals surface area contributed by atoms with Gasteiger partial charge in [0.1, 0.15) is 17.3 Å². The second-order valence-electron chi connectivity index (χ2n) is 6.12. The van der Waals surface area contributed by atoms with Crippen LogP contribution in [0.3, 0.4) is 0 Å². The summed E-state index contributed by atoms with van der Waals surface area (Å²) in [6.07, 6.45) is 7.82. The molecule has 0 amide bonds. The molecule has 0 N–H and O–H groups in total. The first-order valence-corrected chi connectivity index (χ1v) is 10.3. The molecule has 0 aromatic heterocycles. The summed E-state index contributed by atoms with van der Waals surface area (Å²) in [5.74, 6) is 3.82. The van der Waals surface area contributed by atoms with Crippen LogP contribution in [0, 0.1) is 0 Å². The van der Waals surface area contributed by atoms with E-state index in [0.29, 0.717) is 10.9 Å². The van der Waals surface area contributed by atoms with Crippen LogP contribution in [0.1, 0.15) is 45.4 Å². The van der Waals surface area contributed by atoms with Crippen molar-refractivity contribution in [3.05, 3.63) is 36.4 Å². The highest BCUT2D eigenvalue weighted by atomic mass is 32.2. The van der Waals surface area contributed by atoms with E-state index in [9.17, 15) is 0 Å². The maximum absolute atomic E-state index is 6.09. The summed E-state index contributed by atoms with van der Waals surface area (Å²) >= 11 is 0. The molecule has 1 fully saturated rings. The zero-order chi connectivity index (χ0) is 15.2. The van der Waals surface area contributed by atoms with Gasteiger partial charge in [0, 0.05) is 21.7 Å². The van der Waals surface area contributed by atoms with E-state index in [1.807, 2.05) is 0 Å². The maximum Gasteiger partial charge on any atom is 0.162 e. The Kier molecular flexibility index (Phi) is 5.66. The molecule has 1 saturated heterocycles. The van der Waals surface area contributed by atoms with Gasteiger partial charge >= 0.3 is 0 Å². The highest BCUT2D eigenvalue weighted by Crippen LogP contribution is 2.34. The van der Waals surface area contributed by atoms with E-state index in [2.05, 4.69) is 43.3 Å². The van der Waals surface area contributed by atoms with E-state index in [1.54, 1.807) is 4.90 Å². The Morgan fingerprint density at radius 3 is 2.45 bits per heavy atom. The lowest BCUT2D eigenvalue weighted by molar-refractivity contribution is 0.308. The fourth-order valence-electron chi connectivity index (χ4n) is 3.21. The smallest absolute Gasteiger partial charge is 0.162 e. The van der Waals surface area contributed by atoms with Crippen LogP contribution in [0.5, 0.6) is 5.75 Å². The third-order valence-electron chi connectivity index (χ3n) is 4.44. The first-order valence-electron chi connectivity index (χ1n) is 8.72. The molecule has 3 rings (SSSR count). The van der Waals surface area contributed by atoms with Gasteiger partial charge in [-0.25, -0.2) is 0 Å². The van der Waals surface area contributed by atoms with E-state index < -0.39 is 0 Å². The van der Waals surface area contributed by atoms with Gasteiger partial charge in [0.2, 0.25) is 0 Å². The van der Waals surface area contributed by atoms with Gasteiger partial charge in [-0.2, -0.15) is 0 Å². The Bertz CT molecular complexity index is 602. The molecule has 0 spiro atoms. The fourth-order valence-corrected chi connectivity index (χ4v) is 5.71. The van der Waals surface area contributed by atoms with Crippen molar-refractivity contribution in [2.75, 3.05) is 18.1 Å². The van der Waals surface area contributed by atoms with Crippen LogP contribution in [0.2, 0.25) is 0 Å². The molecule has 0 atom stereocenters. The Balaban J connectivity index is 1.78. The Morgan fingerprint density at radius 2 is 1.68 bits per heavy atom. The van der Waals surface area contributed by atoms with Crippen molar-refractivity contribution in [2.24, 2.45) is 0 Å². The van der Waals surface area contributed by atoms with Crippen LogP contribution < -0.4 is 4.74 Å². The van der Waals surface area contributed by atoms with Gasteiger partial charge in [-0.05, 0) is 37.5 Å². The predicted octanol–water partition coefficient (Wildman–Crippen LogP) is 5.57. The number of ether oxygens (including phenoxy) is 1. The summed E-state index contributed by atoms with van der Waals surface area (Å²) in [4.78, 5) is 1.56. The fraction of sp³-hybridized carbons (Fsp3) is 0.500. The summed E-state index contributed by atoms with van der Waals surface area (Å²) < 4.78 is 6.09. The SMILES string of the molecule is CCCCCCOc1ccc([S+]2CCCC2)c2ccccc12. The predicted molar refractivity (Wildman–Crippen MR) is 98.2 cm³/mol. The van der Waals surface area contributed by atoms with E-state index in [1.165, 1.54) is 54.4 Å². The minimum Gasteiger partial charge on any atom is -0.493 e. The number of unbranched alkanes of at least 4 members (excludes halogenated alkanes) is 3. The summed E-state index contributed by atoms with van der Waals surface area (Å²) in [7, 11) is 0.461. The van der Waals surface area contributed by atoms with Gasteiger partial charge in [0.05, 0.1) is 6.61 Å². The second kappa shape index (κ2) is 7.92. The molecule has 1 aliphatic heterocycles. The van der Waals surface area contributed by atoms with Gasteiger partial charge in [-0.3, -0.25) is 0 Å². The molecule has 0 saturated carbocycles. The third kappa shape index (κ3) is 3.60. The van der Waals surface area contributed by atoms with Crippen LogP contribution >= 0.6 is 0 Å². The maximum atomic E-state index is 6.09. The van der Waals surface area contributed by atoms with E-state index in [4.69, 9.17) is 4.74 Å². The topological polar surface area (TPSA) is 9.23 Å². The summed E-state index contributed by atoms with van der Waals surface area (Å²) in [6.45, 7) is 3.09. The van der Waals surface area contributed by atoms with Crippen LogP contribution in [-0.2, 0) is 10.9 Å². The van der Waals surface area contributed by atoms with Gasteiger partial charge in [0.25, 0.3) is 0 Å². The van der Waals surface area contributed by atoms with Gasteiger partial charge < -0.3 is 4.74 Å². The number of hydrogen-bond acceptors (Lipinski definition) is 1. The summed E-state index contributed by atoms with van der Waals surface area (Å²) in [5.41, 5.74) is 0. The van der Waals surface area contributed by atoms with Crippen LogP contribution in [0.15, 0.2) is 41.3 Å². The molecule has 0 unspecified atom stereocenters. The summed E-state index contributed by atoms with van der Waals surface area (Å²) in [5, 5.41) is 2.72. The molecule has 0 aliphatic carbocycles. The van der Waals surface area contributed by atoms with Crippen LogP contribution in [0.25, 0.3) is 10.8 Å². The highest BCUT2D eigenvalue weighted by Gasteiger charge is 2.29. The standard InChI is InChI=1S/C20H27OS/c1-2-3-4-7-14-21-19-12-13-20(22-15-8-9-16-22)18-11-6-5-10-17(18)19/h5-6,10-13H,2-4,7-9,14-16H2,1H3/q+1. The second-order valence-corrected chi connectivity index (χ2v) is 8.37. The number of rotatable bonds is 7. The molecule has 22 heavy (non-hydrogen) atoms. The normalized spacial score (nSPS) is 15.5. The molecule has 2 aromatic carbocycles. The Hall–Kier alpha value is -1.15. The van der Waals surface area contributed by atoms with Crippen molar-refractivity contribution in [1.29, 1.82) is 0 Å². The zero-order valence-electron chi connectivity index (χ0n) is 13.6. The highest BCUT2D eigenvalue weighted by molar-refractivity contribution is 7.97. The van der Waals surface area contributed by atoms with Crippen molar-refractivity contribution in [2.45, 2.75) is 50.3 Å². The number of fused-ring (bicyclic) bond motifs is 1. The van der Waals surface area contributed by atoms with E-state index >= 15 is 0 Å². The molecule has 1 nitrogen and oxygen atoms in total. The molecule has 2 aromatic rings. The molecule has 118 valence electrons. The molecule has 0 bridgehead atoms. The molecule has 2 heteroatoms. The average molecular weight is 316 g/mol. The Morgan fingerprint density at radius 1 is 0.909 bits per heavy atom. The lowest BCUT2D eigenvalue weighted by Crippen LogP contribution is -2.05. The van der Waals surface area contributed by atoms with Gasteiger partial charge in [0.15, 0.2) is 4.90 Å². The number of hydrogen-bond donors (Lipinski definition) is 0. The van der Waals surface area contributed by atoms with Gasteiger partial charge in [-0.1, -0.05) is 44.4 Å². The lowest BCUT2D eigenvalue weighted by Gasteiger charge is -2.11. The largest absolute Gasteiger partial charge is 0.493 e. The van der Waals surface area contributed by atoms with E-state index in [-0.39, 0.29) is 0 Å². The van der Waals surface area contributed by atoms with Crippen LogP contribution in [0.4, 0.5) is 0 Å². The van der Waals surface area contributed by atoms with Crippen molar-refractivity contribution in [1.82, 2.24) is 0 Å². The lowest BCUT2D eigenvalue weighted by atomic mass is 10.1. The monoisotopic (exact) mass is 315 g/mol. The molecule has 1 heterocycles. The zero-order valence-corrected chi connectivity index (χ0v) is 14.5. The minimum atomic E-state index is 0.461. The summed E-state index contributed by atoms with van der Waals surface area (Å²) in [6, 6.07) is 13.3. The first-order chi connectivity index (χ1) is 10.9. The van der Waals surface area contributed by atoms with Gasteiger partial charge in [-0.15, -0.1) is 0 Å². The van der Waals surface area contributed by atoms with Crippen molar-refractivity contribution >= 4 is 21.7 Å². The molecular formula is C20H27OS+. The average Bonchev–Trinajstić information content (AvgIpc) is 3.09. The minimum absolute atomic E-state index is 0.461. The van der Waals surface area contributed by atoms with Crippen molar-refractivity contribution in [3.63, 3.8) is 0 Å². The van der Waals surface area contributed by atoms with Crippen molar-refractivity contribution in [3.8, 4) is 5.75 Å². The molecule has 0 radical (unpaired) electrons. The molecular weight excluding hydrogens is 288 g/mol. The van der Waals surface area contributed by atoms with Crippen molar-refractivity contribution < 1.29 is 4.74 Å². The van der Waals surface area contributed by atoms with Crippen LogP contribution in [-0.4, -0.2) is 18.1 Å². The molecule has 1 aliphatic rings. The van der Waals surface area contributed by atoms with E-state index in [0.717, 1.165) is 18.8 Å². The number of benzene rings is 2. The third-order valence-corrected chi connectivity index (χ3v) is 6.98. The first kappa shape index (κ1) is 15.7. The Labute approximate surface area is 137 Å². The quantitative estimate of drug-likeness (QED) is 0.479.